The van der Waals surface area contributed by atoms with Crippen molar-refractivity contribution in [3.63, 3.8) is 0 Å². The summed E-state index contributed by atoms with van der Waals surface area (Å²) in [6, 6.07) is 3.34. The molecule has 112 valence electrons. The predicted octanol–water partition coefficient (Wildman–Crippen LogP) is 0.186. The first-order valence-electron chi connectivity index (χ1n) is 7.34. The minimum atomic E-state index is -0.545. The number of amides is 2. The van der Waals surface area contributed by atoms with Crippen molar-refractivity contribution in [2.75, 3.05) is 13.1 Å². The minimum Gasteiger partial charge on any atom is -0.364 e. The van der Waals surface area contributed by atoms with E-state index in [-0.39, 0.29) is 22.9 Å². The molecule has 21 heavy (non-hydrogen) atoms. The molecule has 4 N–H and O–H groups in total. The van der Waals surface area contributed by atoms with E-state index >= 15 is 0 Å². The second-order valence-corrected chi connectivity index (χ2v) is 6.00. The molecule has 6 heteroatoms. The van der Waals surface area contributed by atoms with Crippen LogP contribution in [0.25, 0.3) is 0 Å². The molecule has 6 nitrogen and oxygen atoms in total. The van der Waals surface area contributed by atoms with Gasteiger partial charge in [0.05, 0.1) is 0 Å². The first kappa shape index (κ1) is 14.0. The second-order valence-electron chi connectivity index (χ2n) is 6.00. The van der Waals surface area contributed by atoms with Gasteiger partial charge in [0.25, 0.3) is 5.91 Å². The van der Waals surface area contributed by atoms with Gasteiger partial charge in [0.15, 0.2) is 0 Å². The van der Waals surface area contributed by atoms with Crippen molar-refractivity contribution in [3.8, 4) is 0 Å². The van der Waals surface area contributed by atoms with Crippen LogP contribution < -0.4 is 16.4 Å². The van der Waals surface area contributed by atoms with Crippen molar-refractivity contribution in [1.82, 2.24) is 15.6 Å². The summed E-state index contributed by atoms with van der Waals surface area (Å²) in [4.78, 5) is 27.1. The molecule has 1 aromatic heterocycles. The van der Waals surface area contributed by atoms with Crippen molar-refractivity contribution in [2.24, 2.45) is 17.1 Å². The molecule has 3 rings (SSSR count). The molecule has 0 aromatic carbocycles. The van der Waals surface area contributed by atoms with Crippen LogP contribution in [0.1, 0.15) is 35.3 Å². The molecule has 1 saturated heterocycles. The number of aromatic nitrogens is 1. The van der Waals surface area contributed by atoms with Crippen molar-refractivity contribution < 1.29 is 9.59 Å². The molecule has 1 saturated carbocycles. The third-order valence-corrected chi connectivity index (χ3v) is 4.65. The molecule has 2 aliphatic rings. The van der Waals surface area contributed by atoms with E-state index in [1.54, 1.807) is 18.3 Å². The molecule has 1 aliphatic heterocycles. The highest BCUT2D eigenvalue weighted by Crippen LogP contribution is 2.58. The topological polar surface area (TPSA) is 97.1 Å². The molecular formula is C15H20N4O2. The summed E-state index contributed by atoms with van der Waals surface area (Å²) in [5.74, 6) is -0.246. The molecule has 1 atom stereocenters. The number of carbonyl (C=O) groups is 2. The van der Waals surface area contributed by atoms with Crippen molar-refractivity contribution in [1.29, 1.82) is 0 Å². The molecule has 1 spiro atoms. The SMILES string of the molecule is NC(=O)c1ccc(CNC(=O)C2CC23CCNCC3)cn1. The largest absolute Gasteiger partial charge is 0.364 e. The van der Waals surface area contributed by atoms with Crippen LogP contribution in [0.3, 0.4) is 0 Å². The molecule has 1 unspecified atom stereocenters. The van der Waals surface area contributed by atoms with Gasteiger partial charge >= 0.3 is 0 Å². The number of hydrogen-bond acceptors (Lipinski definition) is 4. The second kappa shape index (κ2) is 5.44. The Morgan fingerprint density at radius 3 is 2.76 bits per heavy atom. The maximum Gasteiger partial charge on any atom is 0.267 e. The molecule has 2 amide bonds. The highest BCUT2D eigenvalue weighted by Gasteiger charge is 2.57. The first-order valence-corrected chi connectivity index (χ1v) is 7.34. The Labute approximate surface area is 123 Å². The van der Waals surface area contributed by atoms with Gasteiger partial charge in [-0.3, -0.25) is 14.6 Å². The van der Waals surface area contributed by atoms with E-state index in [0.717, 1.165) is 37.9 Å². The number of rotatable bonds is 4. The summed E-state index contributed by atoms with van der Waals surface area (Å²) in [6.45, 7) is 2.47. The number of nitrogens with two attached hydrogens (primary N) is 1. The molecule has 0 radical (unpaired) electrons. The smallest absolute Gasteiger partial charge is 0.267 e. The Morgan fingerprint density at radius 2 is 2.14 bits per heavy atom. The normalized spacial score (nSPS) is 22.8. The number of nitrogens with one attached hydrogen (secondary N) is 2. The summed E-state index contributed by atoms with van der Waals surface area (Å²) in [5.41, 5.74) is 6.50. The van der Waals surface area contributed by atoms with Gasteiger partial charge in [-0.25, -0.2) is 0 Å². The summed E-state index contributed by atoms with van der Waals surface area (Å²) in [5, 5.41) is 6.30. The summed E-state index contributed by atoms with van der Waals surface area (Å²) in [6.07, 6.45) is 4.78. The number of piperidine rings is 1. The van der Waals surface area contributed by atoms with Gasteiger partial charge in [-0.05, 0) is 49.4 Å². The van der Waals surface area contributed by atoms with Crippen LogP contribution in [0.15, 0.2) is 18.3 Å². The molecule has 2 heterocycles. The summed E-state index contributed by atoms with van der Waals surface area (Å²) < 4.78 is 0. The first-order chi connectivity index (χ1) is 10.1. The standard InChI is InChI=1S/C15H20N4O2/c16-13(20)12-2-1-10(8-18-12)9-19-14(21)11-7-15(11)3-5-17-6-4-15/h1-2,8,11,17H,3-7,9H2,(H2,16,20)(H,19,21). The number of nitrogens with zero attached hydrogens (tertiary/aromatic N) is 1. The zero-order valence-electron chi connectivity index (χ0n) is 11.9. The monoisotopic (exact) mass is 288 g/mol. The summed E-state index contributed by atoms with van der Waals surface area (Å²) >= 11 is 0. The average molecular weight is 288 g/mol. The van der Waals surface area contributed by atoms with Crippen molar-refractivity contribution in [3.05, 3.63) is 29.6 Å². The fraction of sp³-hybridized carbons (Fsp3) is 0.533. The van der Waals surface area contributed by atoms with Crippen LogP contribution in [-0.2, 0) is 11.3 Å². The minimum absolute atomic E-state index is 0.135. The lowest BCUT2D eigenvalue weighted by Gasteiger charge is -2.23. The Kier molecular flexibility index (Phi) is 3.63. The maximum absolute atomic E-state index is 12.2. The zero-order valence-corrected chi connectivity index (χ0v) is 11.9. The van der Waals surface area contributed by atoms with Crippen LogP contribution >= 0.6 is 0 Å². The van der Waals surface area contributed by atoms with E-state index in [9.17, 15) is 9.59 Å². The van der Waals surface area contributed by atoms with Gasteiger partial charge < -0.3 is 16.4 Å². The van der Waals surface area contributed by atoms with Crippen LogP contribution in [0.5, 0.6) is 0 Å². The highest BCUT2D eigenvalue weighted by atomic mass is 16.2. The van der Waals surface area contributed by atoms with Crippen LogP contribution in [0.2, 0.25) is 0 Å². The lowest BCUT2D eigenvalue weighted by molar-refractivity contribution is -0.123. The molecular weight excluding hydrogens is 268 g/mol. The van der Waals surface area contributed by atoms with E-state index in [1.165, 1.54) is 0 Å². The van der Waals surface area contributed by atoms with Gasteiger partial charge in [0, 0.05) is 18.7 Å². The summed E-state index contributed by atoms with van der Waals surface area (Å²) in [7, 11) is 0. The Hall–Kier alpha value is -1.95. The van der Waals surface area contributed by atoms with E-state index in [2.05, 4.69) is 15.6 Å². The molecule has 0 bridgehead atoms. The van der Waals surface area contributed by atoms with Crippen LogP contribution in [0.4, 0.5) is 0 Å². The average Bonchev–Trinajstić information content (AvgIpc) is 3.19. The van der Waals surface area contributed by atoms with Crippen molar-refractivity contribution >= 4 is 11.8 Å². The van der Waals surface area contributed by atoms with Gasteiger partial charge in [-0.15, -0.1) is 0 Å². The van der Waals surface area contributed by atoms with Gasteiger partial charge in [-0.1, -0.05) is 6.07 Å². The third kappa shape index (κ3) is 2.90. The molecule has 1 aromatic rings. The zero-order chi connectivity index (χ0) is 14.9. The fourth-order valence-corrected chi connectivity index (χ4v) is 3.18. The fourth-order valence-electron chi connectivity index (χ4n) is 3.18. The van der Waals surface area contributed by atoms with E-state index in [0.29, 0.717) is 6.54 Å². The Morgan fingerprint density at radius 1 is 1.38 bits per heavy atom. The van der Waals surface area contributed by atoms with Gasteiger partial charge in [-0.2, -0.15) is 0 Å². The molecule has 1 aliphatic carbocycles. The quantitative estimate of drug-likeness (QED) is 0.736. The van der Waals surface area contributed by atoms with E-state index in [4.69, 9.17) is 5.73 Å². The number of carbonyl (C=O) groups excluding carboxylic acids is 2. The lowest BCUT2D eigenvalue weighted by atomic mass is 9.92. The van der Waals surface area contributed by atoms with Gasteiger partial charge in [0.2, 0.25) is 5.91 Å². The number of primary amides is 1. The Bertz CT molecular complexity index is 549. The maximum atomic E-state index is 12.2. The molecule has 2 fully saturated rings. The predicted molar refractivity (Wildman–Crippen MR) is 77.2 cm³/mol. The van der Waals surface area contributed by atoms with E-state index in [1.807, 2.05) is 0 Å². The highest BCUT2D eigenvalue weighted by molar-refractivity contribution is 5.90. The van der Waals surface area contributed by atoms with Crippen LogP contribution in [-0.4, -0.2) is 29.9 Å². The van der Waals surface area contributed by atoms with Crippen molar-refractivity contribution in [2.45, 2.75) is 25.8 Å². The number of pyridine rings is 1. The van der Waals surface area contributed by atoms with Crippen LogP contribution in [0, 0.1) is 11.3 Å². The van der Waals surface area contributed by atoms with Gasteiger partial charge in [0.1, 0.15) is 5.69 Å². The number of hydrogen-bond donors (Lipinski definition) is 3. The third-order valence-electron chi connectivity index (χ3n) is 4.65. The van der Waals surface area contributed by atoms with E-state index < -0.39 is 5.91 Å². The Balaban J connectivity index is 1.51. The lowest BCUT2D eigenvalue weighted by Crippen LogP contribution is -2.33.